The van der Waals surface area contributed by atoms with E-state index in [9.17, 15) is 4.79 Å². The number of ketones is 1. The van der Waals surface area contributed by atoms with Gasteiger partial charge >= 0.3 is 0 Å². The lowest BCUT2D eigenvalue weighted by Gasteiger charge is -2.29. The Balaban J connectivity index is 2.19. The number of methoxy groups -OCH3 is 1. The summed E-state index contributed by atoms with van der Waals surface area (Å²) in [5.41, 5.74) is 2.88. The molecular weight excluding hydrogens is 324 g/mol. The molecule has 0 saturated carbocycles. The van der Waals surface area contributed by atoms with Crippen LogP contribution < -0.4 is 4.74 Å². The van der Waals surface area contributed by atoms with E-state index in [4.69, 9.17) is 4.74 Å². The summed E-state index contributed by atoms with van der Waals surface area (Å²) in [5, 5.41) is 1.26. The van der Waals surface area contributed by atoms with Crippen molar-refractivity contribution < 1.29 is 9.53 Å². The van der Waals surface area contributed by atoms with Gasteiger partial charge in [0.25, 0.3) is 0 Å². The molecule has 0 amide bonds. The third-order valence-electron chi connectivity index (χ3n) is 4.64. The van der Waals surface area contributed by atoms with E-state index in [1.165, 1.54) is 10.8 Å². The molecule has 3 rings (SSSR count). The highest BCUT2D eigenvalue weighted by atomic mass is 28.3. The molecule has 1 atom stereocenters. The van der Waals surface area contributed by atoms with Crippen molar-refractivity contribution in [1.82, 2.24) is 0 Å². The molecule has 1 unspecified atom stereocenters. The third-order valence-corrected chi connectivity index (χ3v) is 6.83. The zero-order valence-electron chi connectivity index (χ0n) is 15.2. The predicted octanol–water partition coefficient (Wildman–Crippen LogP) is 5.49. The van der Waals surface area contributed by atoms with E-state index in [1.807, 2.05) is 30.3 Å². The molecule has 2 aromatic rings. The maximum atomic E-state index is 13.0. The molecule has 3 heteroatoms. The van der Waals surface area contributed by atoms with Crippen LogP contribution in [-0.2, 0) is 0 Å². The second-order valence-electron chi connectivity index (χ2n) is 7.41. The van der Waals surface area contributed by atoms with Gasteiger partial charge in [0.1, 0.15) is 5.75 Å². The fourth-order valence-corrected chi connectivity index (χ4v) is 5.03. The van der Waals surface area contributed by atoms with Crippen LogP contribution in [0.4, 0.5) is 0 Å². The molecule has 1 aliphatic carbocycles. The van der Waals surface area contributed by atoms with Crippen molar-refractivity contribution >= 4 is 19.9 Å². The SMILES string of the molecule is COc1ccc2c(c1)C(=O)/C=C(/[Si](C)(C)C)C(c1ccccc1)/C=C\2. The summed E-state index contributed by atoms with van der Waals surface area (Å²) in [4.78, 5) is 13.0. The monoisotopic (exact) mass is 348 g/mol. The second-order valence-corrected chi connectivity index (χ2v) is 12.5. The average molecular weight is 349 g/mol. The van der Waals surface area contributed by atoms with Gasteiger partial charge in [-0.1, -0.05) is 73.4 Å². The summed E-state index contributed by atoms with van der Waals surface area (Å²) < 4.78 is 5.30. The maximum Gasteiger partial charge on any atom is 0.186 e. The molecular formula is C22H24O2Si. The number of rotatable bonds is 3. The van der Waals surface area contributed by atoms with Crippen LogP contribution in [0.3, 0.4) is 0 Å². The smallest absolute Gasteiger partial charge is 0.186 e. The van der Waals surface area contributed by atoms with Gasteiger partial charge in [-0.05, 0) is 29.3 Å². The molecule has 0 spiro atoms. The number of hydrogen-bond acceptors (Lipinski definition) is 2. The summed E-state index contributed by atoms with van der Waals surface area (Å²) in [5.74, 6) is 0.923. The molecule has 25 heavy (non-hydrogen) atoms. The number of ether oxygens (including phenoxy) is 1. The van der Waals surface area contributed by atoms with Crippen LogP contribution in [0.5, 0.6) is 5.75 Å². The van der Waals surface area contributed by atoms with E-state index >= 15 is 0 Å². The molecule has 0 aromatic heterocycles. The van der Waals surface area contributed by atoms with Crippen LogP contribution >= 0.6 is 0 Å². The molecule has 0 radical (unpaired) electrons. The van der Waals surface area contributed by atoms with Gasteiger partial charge in [0.15, 0.2) is 5.78 Å². The summed E-state index contributed by atoms with van der Waals surface area (Å²) >= 11 is 0. The Hall–Kier alpha value is -2.39. The van der Waals surface area contributed by atoms with Crippen molar-refractivity contribution in [3.8, 4) is 5.75 Å². The Labute approximate surface area is 150 Å². The number of carbonyl (C=O) groups excluding carboxylic acids is 1. The van der Waals surface area contributed by atoms with E-state index in [1.54, 1.807) is 7.11 Å². The van der Waals surface area contributed by atoms with Crippen LogP contribution in [0.15, 0.2) is 65.9 Å². The first-order valence-corrected chi connectivity index (χ1v) is 12.1. The molecule has 2 aromatic carbocycles. The predicted molar refractivity (Wildman–Crippen MR) is 107 cm³/mol. The molecule has 0 aliphatic heterocycles. The first kappa shape index (κ1) is 17.4. The fraction of sp³-hybridized carbons (Fsp3) is 0.227. The van der Waals surface area contributed by atoms with Gasteiger partial charge in [0.2, 0.25) is 0 Å². The highest BCUT2D eigenvalue weighted by Gasteiger charge is 2.29. The van der Waals surface area contributed by atoms with Crippen molar-refractivity contribution in [3.63, 3.8) is 0 Å². The van der Waals surface area contributed by atoms with Gasteiger partial charge in [-0.15, -0.1) is 0 Å². The molecule has 0 fully saturated rings. The zero-order valence-corrected chi connectivity index (χ0v) is 16.2. The number of hydrogen-bond donors (Lipinski definition) is 0. The number of benzene rings is 2. The van der Waals surface area contributed by atoms with Crippen molar-refractivity contribution in [2.75, 3.05) is 7.11 Å². The Morgan fingerprint density at radius 2 is 1.72 bits per heavy atom. The number of allylic oxidation sites excluding steroid dienone is 3. The Morgan fingerprint density at radius 3 is 2.36 bits per heavy atom. The zero-order chi connectivity index (χ0) is 18.0. The van der Waals surface area contributed by atoms with Crippen LogP contribution in [0.2, 0.25) is 19.6 Å². The van der Waals surface area contributed by atoms with Crippen molar-refractivity contribution in [2.24, 2.45) is 0 Å². The van der Waals surface area contributed by atoms with Crippen molar-refractivity contribution in [2.45, 2.75) is 25.6 Å². The first-order chi connectivity index (χ1) is 11.9. The topological polar surface area (TPSA) is 26.3 Å². The highest BCUT2D eigenvalue weighted by Crippen LogP contribution is 2.35. The van der Waals surface area contributed by atoms with Gasteiger partial charge in [-0.3, -0.25) is 4.79 Å². The van der Waals surface area contributed by atoms with E-state index in [0.717, 1.165) is 5.56 Å². The molecule has 0 heterocycles. The van der Waals surface area contributed by atoms with Crippen molar-refractivity contribution in [3.05, 3.63) is 82.6 Å². The lowest BCUT2D eigenvalue weighted by molar-refractivity contribution is 0.104. The summed E-state index contributed by atoms with van der Waals surface area (Å²) in [6.07, 6.45) is 6.19. The van der Waals surface area contributed by atoms with E-state index in [-0.39, 0.29) is 11.7 Å². The Kier molecular flexibility index (Phi) is 4.77. The normalized spacial score (nSPS) is 20.7. The van der Waals surface area contributed by atoms with Gasteiger partial charge in [-0.2, -0.15) is 0 Å². The van der Waals surface area contributed by atoms with Crippen LogP contribution in [0.1, 0.15) is 27.4 Å². The average Bonchev–Trinajstić information content (AvgIpc) is 2.59. The van der Waals surface area contributed by atoms with Gasteiger partial charge < -0.3 is 4.74 Å². The van der Waals surface area contributed by atoms with Crippen LogP contribution in [0, 0.1) is 0 Å². The molecule has 2 nitrogen and oxygen atoms in total. The second kappa shape index (κ2) is 6.85. The quantitative estimate of drug-likeness (QED) is 0.685. The summed E-state index contributed by atoms with van der Waals surface area (Å²) in [7, 11) is -0.0593. The molecule has 0 saturated heterocycles. The largest absolute Gasteiger partial charge is 0.497 e. The van der Waals surface area contributed by atoms with E-state index < -0.39 is 8.07 Å². The molecule has 128 valence electrons. The standard InChI is InChI=1S/C22H24O2Si/c1-24-18-12-10-17-11-13-19(16-8-6-5-7-9-16)22(25(2,3)4)15-21(23)20(17)14-18/h5-15,19H,1-4H3/b13-11-,22-15+. The van der Waals surface area contributed by atoms with Gasteiger partial charge in [-0.25, -0.2) is 0 Å². The lowest BCUT2D eigenvalue weighted by Crippen LogP contribution is -2.29. The summed E-state index contributed by atoms with van der Waals surface area (Å²) in [6, 6.07) is 16.1. The first-order valence-electron chi connectivity index (χ1n) is 8.58. The molecule has 0 N–H and O–H groups in total. The Bertz CT molecular complexity index is 842. The lowest BCUT2D eigenvalue weighted by atomic mass is 9.92. The van der Waals surface area contributed by atoms with Gasteiger partial charge in [0.05, 0.1) is 15.2 Å². The highest BCUT2D eigenvalue weighted by molar-refractivity contribution is 6.83. The molecule has 1 aliphatic rings. The number of carbonyl (C=O) groups is 1. The van der Waals surface area contributed by atoms with Crippen LogP contribution in [-0.4, -0.2) is 21.0 Å². The van der Waals surface area contributed by atoms with Crippen LogP contribution in [0.25, 0.3) is 6.08 Å². The minimum atomic E-state index is -1.68. The Morgan fingerprint density at radius 1 is 1.00 bits per heavy atom. The van der Waals surface area contributed by atoms with E-state index in [0.29, 0.717) is 11.3 Å². The fourth-order valence-electron chi connectivity index (χ4n) is 3.27. The minimum absolute atomic E-state index is 0.0663. The van der Waals surface area contributed by atoms with Crippen molar-refractivity contribution in [1.29, 1.82) is 0 Å². The third kappa shape index (κ3) is 3.66. The molecule has 0 bridgehead atoms. The summed E-state index contributed by atoms with van der Waals surface area (Å²) in [6.45, 7) is 6.89. The van der Waals surface area contributed by atoms with Gasteiger partial charge in [0, 0.05) is 11.5 Å². The number of fused-ring (bicyclic) bond motifs is 1. The minimum Gasteiger partial charge on any atom is -0.497 e. The van der Waals surface area contributed by atoms with E-state index in [2.05, 4.69) is 56.1 Å². The maximum absolute atomic E-state index is 13.0.